The predicted octanol–water partition coefficient (Wildman–Crippen LogP) is 2.85. The Kier molecular flexibility index (Phi) is 6.04. The Hall–Kier alpha value is -0.680. The lowest BCUT2D eigenvalue weighted by atomic mass is 10.0. The third kappa shape index (κ3) is 4.14. The van der Waals surface area contributed by atoms with Crippen molar-refractivity contribution in [1.29, 1.82) is 0 Å². The summed E-state index contributed by atoms with van der Waals surface area (Å²) < 4.78 is 4.48. The predicted molar refractivity (Wildman–Crippen MR) is 82.0 cm³/mol. The lowest BCUT2D eigenvalue weighted by molar-refractivity contribution is 0.435. The van der Waals surface area contributed by atoms with Crippen LogP contribution in [-0.2, 0) is 6.42 Å². The van der Waals surface area contributed by atoms with Crippen molar-refractivity contribution < 1.29 is 0 Å². The summed E-state index contributed by atoms with van der Waals surface area (Å²) in [5.41, 5.74) is 0. The number of hydrogen-bond donors (Lipinski definition) is 1. The molecule has 0 radical (unpaired) electrons. The maximum absolute atomic E-state index is 4.71. The third-order valence-corrected chi connectivity index (χ3v) is 4.40. The Bertz CT molecular complexity index is 366. The molecule has 2 heterocycles. The van der Waals surface area contributed by atoms with E-state index < -0.39 is 0 Å². The SMILES string of the molecule is CCCNCC1CCCCN1c1nc(CCC)ns1. The second-order valence-electron chi connectivity index (χ2n) is 5.29. The maximum atomic E-state index is 4.71. The Balaban J connectivity index is 1.96. The van der Waals surface area contributed by atoms with Crippen LogP contribution in [0.1, 0.15) is 51.8 Å². The lowest BCUT2D eigenvalue weighted by Crippen LogP contribution is -2.45. The van der Waals surface area contributed by atoms with Crippen LogP contribution in [0.15, 0.2) is 0 Å². The van der Waals surface area contributed by atoms with Crippen molar-refractivity contribution in [1.82, 2.24) is 14.7 Å². The first-order chi connectivity index (χ1) is 9.35. The highest BCUT2D eigenvalue weighted by Gasteiger charge is 2.24. The van der Waals surface area contributed by atoms with E-state index >= 15 is 0 Å². The summed E-state index contributed by atoms with van der Waals surface area (Å²) in [5, 5.41) is 4.68. The largest absolute Gasteiger partial charge is 0.343 e. The minimum Gasteiger partial charge on any atom is -0.343 e. The van der Waals surface area contributed by atoms with Crippen LogP contribution in [0.3, 0.4) is 0 Å². The smallest absolute Gasteiger partial charge is 0.205 e. The number of anilines is 1. The molecule has 0 aliphatic carbocycles. The van der Waals surface area contributed by atoms with Gasteiger partial charge >= 0.3 is 0 Å². The van der Waals surface area contributed by atoms with Crippen molar-refractivity contribution in [3.8, 4) is 0 Å². The first kappa shape index (κ1) is 14.7. The average molecular weight is 282 g/mol. The van der Waals surface area contributed by atoms with Crippen molar-refractivity contribution in [2.24, 2.45) is 0 Å². The van der Waals surface area contributed by atoms with Gasteiger partial charge in [0.15, 0.2) is 0 Å². The molecule has 1 aromatic rings. The maximum Gasteiger partial charge on any atom is 0.205 e. The van der Waals surface area contributed by atoms with Crippen molar-refractivity contribution in [2.45, 2.75) is 58.4 Å². The van der Waals surface area contributed by atoms with E-state index in [0.717, 1.165) is 43.4 Å². The van der Waals surface area contributed by atoms with E-state index in [1.165, 1.54) is 25.7 Å². The minimum absolute atomic E-state index is 0.600. The van der Waals surface area contributed by atoms with Gasteiger partial charge in [0.05, 0.1) is 0 Å². The zero-order valence-electron chi connectivity index (χ0n) is 12.2. The highest BCUT2D eigenvalue weighted by atomic mass is 32.1. The Morgan fingerprint density at radius 3 is 3.00 bits per heavy atom. The Labute approximate surface area is 120 Å². The van der Waals surface area contributed by atoms with Crippen LogP contribution in [0.5, 0.6) is 0 Å². The molecule has 2 rings (SSSR count). The summed E-state index contributed by atoms with van der Waals surface area (Å²) in [6.07, 6.45) is 7.23. The van der Waals surface area contributed by atoms with E-state index in [1.54, 1.807) is 11.5 Å². The number of rotatable bonds is 7. The molecule has 4 nitrogen and oxygen atoms in total. The molecule has 1 saturated heterocycles. The molecule has 0 saturated carbocycles. The van der Waals surface area contributed by atoms with Crippen molar-refractivity contribution >= 4 is 16.7 Å². The Morgan fingerprint density at radius 1 is 1.32 bits per heavy atom. The molecule has 1 aromatic heterocycles. The summed E-state index contributed by atoms with van der Waals surface area (Å²) in [6, 6.07) is 0.600. The monoisotopic (exact) mass is 282 g/mol. The number of nitrogens with zero attached hydrogens (tertiary/aromatic N) is 3. The van der Waals surface area contributed by atoms with E-state index in [1.807, 2.05) is 0 Å². The zero-order chi connectivity index (χ0) is 13.5. The van der Waals surface area contributed by atoms with E-state index in [2.05, 4.69) is 28.4 Å². The van der Waals surface area contributed by atoms with Gasteiger partial charge in [-0.25, -0.2) is 4.98 Å². The fourth-order valence-electron chi connectivity index (χ4n) is 2.60. The van der Waals surface area contributed by atoms with E-state index in [9.17, 15) is 0 Å². The fourth-order valence-corrected chi connectivity index (χ4v) is 3.41. The molecular weight excluding hydrogens is 256 g/mol. The molecule has 1 aliphatic heterocycles. The van der Waals surface area contributed by atoms with Gasteiger partial charge in [-0.1, -0.05) is 13.8 Å². The number of piperidine rings is 1. The standard InChI is InChI=1S/C14H26N4S/c1-3-7-13-16-14(19-17-13)18-10-6-5-8-12(18)11-15-9-4-2/h12,15H,3-11H2,1-2H3. The minimum atomic E-state index is 0.600. The fraction of sp³-hybridized carbons (Fsp3) is 0.857. The molecular formula is C14H26N4S. The summed E-state index contributed by atoms with van der Waals surface area (Å²) in [4.78, 5) is 7.18. The second kappa shape index (κ2) is 7.80. The molecule has 1 fully saturated rings. The molecule has 0 spiro atoms. The zero-order valence-corrected chi connectivity index (χ0v) is 13.0. The van der Waals surface area contributed by atoms with Crippen LogP contribution in [0.25, 0.3) is 0 Å². The van der Waals surface area contributed by atoms with Gasteiger partial charge in [-0.15, -0.1) is 0 Å². The molecule has 1 aliphatic rings. The molecule has 108 valence electrons. The molecule has 5 heteroatoms. The average Bonchev–Trinajstić information content (AvgIpc) is 2.89. The normalized spacial score (nSPS) is 19.9. The highest BCUT2D eigenvalue weighted by molar-refractivity contribution is 7.09. The van der Waals surface area contributed by atoms with Gasteiger partial charge in [0.1, 0.15) is 5.82 Å². The summed E-state index contributed by atoms with van der Waals surface area (Å²) in [5.74, 6) is 1.02. The van der Waals surface area contributed by atoms with Gasteiger partial charge < -0.3 is 10.2 Å². The number of aryl methyl sites for hydroxylation is 1. The van der Waals surface area contributed by atoms with Gasteiger partial charge in [-0.3, -0.25) is 0 Å². The van der Waals surface area contributed by atoms with E-state index in [0.29, 0.717) is 6.04 Å². The van der Waals surface area contributed by atoms with Crippen LogP contribution >= 0.6 is 11.5 Å². The van der Waals surface area contributed by atoms with E-state index in [-0.39, 0.29) is 0 Å². The van der Waals surface area contributed by atoms with Crippen molar-refractivity contribution in [3.05, 3.63) is 5.82 Å². The van der Waals surface area contributed by atoms with E-state index in [4.69, 9.17) is 4.98 Å². The molecule has 19 heavy (non-hydrogen) atoms. The topological polar surface area (TPSA) is 41.0 Å². The molecule has 0 amide bonds. The van der Waals surface area contributed by atoms with Crippen LogP contribution < -0.4 is 10.2 Å². The van der Waals surface area contributed by atoms with Crippen LogP contribution in [0.4, 0.5) is 5.13 Å². The molecule has 1 N–H and O–H groups in total. The third-order valence-electron chi connectivity index (χ3n) is 3.61. The van der Waals surface area contributed by atoms with Crippen LogP contribution in [-0.4, -0.2) is 35.0 Å². The van der Waals surface area contributed by atoms with Gasteiger partial charge in [0, 0.05) is 37.1 Å². The molecule has 0 bridgehead atoms. The van der Waals surface area contributed by atoms with Crippen molar-refractivity contribution in [2.75, 3.05) is 24.5 Å². The van der Waals surface area contributed by atoms with Gasteiger partial charge in [0.2, 0.25) is 5.13 Å². The first-order valence-electron chi connectivity index (χ1n) is 7.65. The molecule has 0 aromatic carbocycles. The van der Waals surface area contributed by atoms with Gasteiger partial charge in [-0.05, 0) is 38.6 Å². The molecule has 1 atom stereocenters. The van der Waals surface area contributed by atoms with Crippen LogP contribution in [0.2, 0.25) is 0 Å². The van der Waals surface area contributed by atoms with Gasteiger partial charge in [0.25, 0.3) is 0 Å². The number of nitrogens with one attached hydrogen (secondary N) is 1. The Morgan fingerprint density at radius 2 is 2.21 bits per heavy atom. The van der Waals surface area contributed by atoms with Crippen LogP contribution in [0, 0.1) is 0 Å². The van der Waals surface area contributed by atoms with Crippen molar-refractivity contribution in [3.63, 3.8) is 0 Å². The lowest BCUT2D eigenvalue weighted by Gasteiger charge is -2.35. The quantitative estimate of drug-likeness (QED) is 0.781. The number of aromatic nitrogens is 2. The number of hydrogen-bond acceptors (Lipinski definition) is 5. The van der Waals surface area contributed by atoms with Gasteiger partial charge in [-0.2, -0.15) is 4.37 Å². The summed E-state index contributed by atoms with van der Waals surface area (Å²) in [6.45, 7) is 7.73. The second-order valence-corrected chi connectivity index (χ2v) is 6.02. The first-order valence-corrected chi connectivity index (χ1v) is 8.42. The highest BCUT2D eigenvalue weighted by Crippen LogP contribution is 2.26. The summed E-state index contributed by atoms with van der Waals surface area (Å²) in [7, 11) is 0. The molecule has 1 unspecified atom stereocenters. The summed E-state index contributed by atoms with van der Waals surface area (Å²) >= 11 is 1.58.